The van der Waals surface area contributed by atoms with Crippen LogP contribution in [0.5, 0.6) is 0 Å². The molecule has 106 valence electrons. The number of allylic oxidation sites excluding steroid dienone is 1. The lowest BCUT2D eigenvalue weighted by molar-refractivity contribution is 0.0550. The Kier molecular flexibility index (Phi) is 6.37. The Morgan fingerprint density at radius 3 is 2.50 bits per heavy atom. The third-order valence-electron chi connectivity index (χ3n) is 4.89. The molecule has 1 N–H and O–H groups in total. The van der Waals surface area contributed by atoms with Crippen molar-refractivity contribution in [3.8, 4) is 0 Å². The first kappa shape index (κ1) is 15.7. The van der Waals surface area contributed by atoms with E-state index in [1.54, 1.807) is 0 Å². The molecule has 1 heterocycles. The fraction of sp³-hybridized carbons (Fsp3) is 0.875. The van der Waals surface area contributed by atoms with Crippen molar-refractivity contribution in [3.63, 3.8) is 0 Å². The summed E-state index contributed by atoms with van der Waals surface area (Å²) < 4.78 is 0. The highest BCUT2D eigenvalue weighted by molar-refractivity contribution is 4.99. The largest absolute Gasteiger partial charge is 0.308 e. The highest BCUT2D eigenvalue weighted by atomic mass is 15.3. The fourth-order valence-electron chi connectivity index (χ4n) is 3.01. The van der Waals surface area contributed by atoms with Gasteiger partial charge < -0.3 is 5.32 Å². The summed E-state index contributed by atoms with van der Waals surface area (Å²) in [6, 6.07) is 0.692. The standard InChI is InChI=1S/C16H32N2/c1-6-10-11-18-13-16(8-3,9-4)17-12-15(18)14(5)7-2/h6,10,14-15,17H,7-9,11-13H2,1-5H3/b10-6+. The number of rotatable bonds is 6. The molecule has 0 radical (unpaired) electrons. The first-order chi connectivity index (χ1) is 8.62. The second kappa shape index (κ2) is 7.30. The zero-order valence-electron chi connectivity index (χ0n) is 13.0. The molecule has 18 heavy (non-hydrogen) atoms. The average molecular weight is 252 g/mol. The molecule has 1 aliphatic rings. The van der Waals surface area contributed by atoms with Crippen LogP contribution < -0.4 is 5.32 Å². The summed E-state index contributed by atoms with van der Waals surface area (Å²) in [6.45, 7) is 14.9. The lowest BCUT2D eigenvalue weighted by Gasteiger charge is -2.49. The molecule has 2 unspecified atom stereocenters. The molecule has 0 aromatic heterocycles. The van der Waals surface area contributed by atoms with E-state index >= 15 is 0 Å². The minimum absolute atomic E-state index is 0.339. The van der Waals surface area contributed by atoms with E-state index in [4.69, 9.17) is 0 Å². The maximum atomic E-state index is 3.84. The molecule has 2 nitrogen and oxygen atoms in total. The maximum absolute atomic E-state index is 3.84. The molecule has 0 aromatic carbocycles. The second-order valence-corrected chi connectivity index (χ2v) is 5.82. The van der Waals surface area contributed by atoms with Gasteiger partial charge in [0.2, 0.25) is 0 Å². The van der Waals surface area contributed by atoms with Crippen molar-refractivity contribution in [1.29, 1.82) is 0 Å². The molecule has 0 amide bonds. The van der Waals surface area contributed by atoms with Gasteiger partial charge in [-0.2, -0.15) is 0 Å². The zero-order valence-corrected chi connectivity index (χ0v) is 13.0. The van der Waals surface area contributed by atoms with E-state index in [9.17, 15) is 0 Å². The Bertz CT molecular complexity index is 256. The Balaban J connectivity index is 2.77. The first-order valence-corrected chi connectivity index (χ1v) is 7.72. The van der Waals surface area contributed by atoms with E-state index < -0.39 is 0 Å². The van der Waals surface area contributed by atoms with Gasteiger partial charge in [0, 0.05) is 31.2 Å². The molecule has 1 rings (SSSR count). The minimum atomic E-state index is 0.339. The molecule has 0 aromatic rings. The molecule has 2 heteroatoms. The van der Waals surface area contributed by atoms with Crippen LogP contribution in [0.2, 0.25) is 0 Å². The lowest BCUT2D eigenvalue weighted by Crippen LogP contribution is -2.65. The van der Waals surface area contributed by atoms with Gasteiger partial charge in [-0.1, -0.05) is 46.3 Å². The number of hydrogen-bond acceptors (Lipinski definition) is 2. The van der Waals surface area contributed by atoms with Crippen molar-refractivity contribution in [2.24, 2.45) is 5.92 Å². The Morgan fingerprint density at radius 1 is 1.33 bits per heavy atom. The van der Waals surface area contributed by atoms with Gasteiger partial charge in [0.15, 0.2) is 0 Å². The van der Waals surface area contributed by atoms with Gasteiger partial charge >= 0.3 is 0 Å². The highest BCUT2D eigenvalue weighted by Gasteiger charge is 2.37. The predicted octanol–water partition coefficient (Wildman–Crippen LogP) is 3.44. The van der Waals surface area contributed by atoms with Gasteiger partial charge in [-0.3, -0.25) is 4.90 Å². The molecular formula is C16H32N2. The van der Waals surface area contributed by atoms with E-state index in [1.807, 2.05) is 0 Å². The van der Waals surface area contributed by atoms with Crippen LogP contribution in [-0.2, 0) is 0 Å². The topological polar surface area (TPSA) is 15.3 Å². The highest BCUT2D eigenvalue weighted by Crippen LogP contribution is 2.26. The van der Waals surface area contributed by atoms with E-state index in [0.29, 0.717) is 11.6 Å². The fourth-order valence-corrected chi connectivity index (χ4v) is 3.01. The molecule has 0 bridgehead atoms. The number of nitrogens with one attached hydrogen (secondary N) is 1. The van der Waals surface area contributed by atoms with Gasteiger partial charge in [0.1, 0.15) is 0 Å². The Hall–Kier alpha value is -0.340. The Morgan fingerprint density at radius 2 is 2.00 bits per heavy atom. The predicted molar refractivity (Wildman–Crippen MR) is 80.9 cm³/mol. The summed E-state index contributed by atoms with van der Waals surface area (Å²) in [6.07, 6.45) is 8.20. The molecule has 1 fully saturated rings. The van der Waals surface area contributed by atoms with Gasteiger partial charge in [-0.25, -0.2) is 0 Å². The van der Waals surface area contributed by atoms with Crippen LogP contribution in [0.15, 0.2) is 12.2 Å². The van der Waals surface area contributed by atoms with Gasteiger partial charge in [0.25, 0.3) is 0 Å². The molecule has 0 saturated carbocycles. The summed E-state index contributed by atoms with van der Waals surface area (Å²) in [5.41, 5.74) is 0.339. The number of hydrogen-bond donors (Lipinski definition) is 1. The normalized spacial score (nSPS) is 26.6. The molecule has 0 spiro atoms. The minimum Gasteiger partial charge on any atom is -0.308 e. The van der Waals surface area contributed by atoms with E-state index in [2.05, 4.69) is 57.0 Å². The van der Waals surface area contributed by atoms with Crippen molar-refractivity contribution in [1.82, 2.24) is 10.2 Å². The first-order valence-electron chi connectivity index (χ1n) is 7.72. The molecule has 1 saturated heterocycles. The zero-order chi connectivity index (χ0) is 13.6. The van der Waals surface area contributed by atoms with Crippen molar-refractivity contribution >= 4 is 0 Å². The average Bonchev–Trinajstić information content (AvgIpc) is 2.43. The molecule has 2 atom stereocenters. The monoisotopic (exact) mass is 252 g/mol. The maximum Gasteiger partial charge on any atom is 0.0304 e. The number of piperazine rings is 1. The summed E-state index contributed by atoms with van der Waals surface area (Å²) in [7, 11) is 0. The van der Waals surface area contributed by atoms with Gasteiger partial charge in [-0.15, -0.1) is 0 Å². The smallest absolute Gasteiger partial charge is 0.0304 e. The van der Waals surface area contributed by atoms with Crippen molar-refractivity contribution in [2.45, 2.75) is 65.5 Å². The van der Waals surface area contributed by atoms with Crippen LogP contribution in [0, 0.1) is 5.92 Å². The second-order valence-electron chi connectivity index (χ2n) is 5.82. The summed E-state index contributed by atoms with van der Waals surface area (Å²) in [4.78, 5) is 2.69. The van der Waals surface area contributed by atoms with Crippen molar-refractivity contribution in [2.75, 3.05) is 19.6 Å². The van der Waals surface area contributed by atoms with Crippen molar-refractivity contribution < 1.29 is 0 Å². The van der Waals surface area contributed by atoms with Crippen LogP contribution in [-0.4, -0.2) is 36.1 Å². The van der Waals surface area contributed by atoms with Crippen LogP contribution in [0.25, 0.3) is 0 Å². The summed E-state index contributed by atoms with van der Waals surface area (Å²) in [5.74, 6) is 0.773. The molecule has 0 aliphatic carbocycles. The third kappa shape index (κ3) is 3.58. The quantitative estimate of drug-likeness (QED) is 0.729. The third-order valence-corrected chi connectivity index (χ3v) is 4.89. The van der Waals surface area contributed by atoms with Crippen LogP contribution >= 0.6 is 0 Å². The summed E-state index contributed by atoms with van der Waals surface area (Å²) in [5, 5.41) is 3.84. The van der Waals surface area contributed by atoms with Gasteiger partial charge in [-0.05, 0) is 25.7 Å². The summed E-state index contributed by atoms with van der Waals surface area (Å²) >= 11 is 0. The van der Waals surface area contributed by atoms with Crippen molar-refractivity contribution in [3.05, 3.63) is 12.2 Å². The number of nitrogens with zero attached hydrogens (tertiary/aromatic N) is 1. The molecular weight excluding hydrogens is 220 g/mol. The van der Waals surface area contributed by atoms with Crippen LogP contribution in [0.3, 0.4) is 0 Å². The van der Waals surface area contributed by atoms with Crippen LogP contribution in [0.4, 0.5) is 0 Å². The molecule has 1 aliphatic heterocycles. The Labute approximate surface area is 114 Å². The van der Waals surface area contributed by atoms with E-state index in [-0.39, 0.29) is 0 Å². The lowest BCUT2D eigenvalue weighted by atomic mass is 9.85. The van der Waals surface area contributed by atoms with Gasteiger partial charge in [0.05, 0.1) is 0 Å². The van der Waals surface area contributed by atoms with E-state index in [1.165, 1.54) is 25.8 Å². The van der Waals surface area contributed by atoms with Crippen LogP contribution in [0.1, 0.15) is 53.9 Å². The SMILES string of the molecule is C/C=C/CN1CC(CC)(CC)NCC1C(C)CC. The van der Waals surface area contributed by atoms with E-state index in [0.717, 1.165) is 19.0 Å².